The number of pyridine rings is 1. The van der Waals surface area contributed by atoms with Crippen LogP contribution in [0.4, 0.5) is 29.5 Å². The maximum Gasteiger partial charge on any atom is 0.424 e. The summed E-state index contributed by atoms with van der Waals surface area (Å²) >= 11 is 0. The zero-order chi connectivity index (χ0) is 28.6. The van der Waals surface area contributed by atoms with E-state index in [1.54, 1.807) is 39.8 Å². The Labute approximate surface area is 225 Å². The van der Waals surface area contributed by atoms with Crippen LogP contribution >= 0.6 is 0 Å². The molecule has 1 unspecified atom stereocenters. The van der Waals surface area contributed by atoms with Crippen molar-refractivity contribution in [3.05, 3.63) is 48.2 Å². The number of epoxide rings is 1. The molecule has 9 nitrogen and oxygen atoms in total. The Morgan fingerprint density at radius 1 is 1.15 bits per heavy atom. The number of aromatic nitrogens is 1. The monoisotopic (exact) mass is 566 g/mol. The van der Waals surface area contributed by atoms with Gasteiger partial charge < -0.3 is 14.4 Å². The van der Waals surface area contributed by atoms with Gasteiger partial charge in [-0.25, -0.2) is 18.2 Å². The highest BCUT2D eigenvalue weighted by atomic mass is 32.2. The van der Waals surface area contributed by atoms with Gasteiger partial charge in [0.1, 0.15) is 22.4 Å². The molecule has 0 spiro atoms. The highest BCUT2D eigenvalue weighted by Gasteiger charge is 2.67. The Morgan fingerprint density at radius 2 is 1.82 bits per heavy atom. The molecule has 0 saturated carbocycles. The van der Waals surface area contributed by atoms with Gasteiger partial charge in [-0.1, -0.05) is 18.1 Å². The number of halogens is 3. The topological polar surface area (TPSA) is 104 Å². The molecule has 1 amide bonds. The molecule has 1 aromatic heterocycles. The van der Waals surface area contributed by atoms with Gasteiger partial charge in [0.05, 0.1) is 6.61 Å². The molecule has 4 rings (SSSR count). The summed E-state index contributed by atoms with van der Waals surface area (Å²) in [6.07, 6.45) is -4.07. The summed E-state index contributed by atoms with van der Waals surface area (Å²) in [5.41, 5.74) is -2.31. The number of nitrogens with one attached hydrogen (secondary N) is 1. The fraction of sp³-hybridized carbons (Fsp3) is 0.462. The van der Waals surface area contributed by atoms with Crippen LogP contribution in [0.25, 0.3) is 0 Å². The third kappa shape index (κ3) is 6.13. The molecule has 1 N–H and O–H groups in total. The van der Waals surface area contributed by atoms with E-state index in [4.69, 9.17) is 9.47 Å². The number of carbonyl (C=O) groups is 1. The summed E-state index contributed by atoms with van der Waals surface area (Å²) in [6.45, 7) is 6.80. The van der Waals surface area contributed by atoms with Crippen LogP contribution in [0.5, 0.6) is 0 Å². The van der Waals surface area contributed by atoms with Gasteiger partial charge in [0, 0.05) is 31.5 Å². The molecule has 210 valence electrons. The molecule has 2 aromatic rings. The van der Waals surface area contributed by atoms with E-state index in [0.717, 1.165) is 6.20 Å². The predicted molar refractivity (Wildman–Crippen MR) is 138 cm³/mol. The molecule has 0 radical (unpaired) electrons. The Bertz CT molecular complexity index is 1370. The lowest BCUT2D eigenvalue weighted by atomic mass is 9.98. The first-order valence-electron chi connectivity index (χ1n) is 12.1. The normalized spacial score (nSPS) is 22.0. The molecule has 2 saturated heterocycles. The second kappa shape index (κ2) is 10.3. The largest absolute Gasteiger partial charge is 0.444 e. The van der Waals surface area contributed by atoms with Gasteiger partial charge in [-0.3, -0.25) is 5.32 Å². The van der Waals surface area contributed by atoms with Crippen molar-refractivity contribution in [1.82, 2.24) is 9.29 Å². The van der Waals surface area contributed by atoms with Gasteiger partial charge in [0.15, 0.2) is 0 Å². The molecule has 2 aliphatic rings. The minimum absolute atomic E-state index is 0.0233. The Hall–Kier alpha value is -3.34. The van der Waals surface area contributed by atoms with Crippen molar-refractivity contribution in [2.75, 3.05) is 36.5 Å². The van der Waals surface area contributed by atoms with Crippen molar-refractivity contribution in [3.8, 4) is 11.8 Å². The molecule has 2 aliphatic heterocycles. The van der Waals surface area contributed by atoms with E-state index in [1.807, 2.05) is 4.90 Å². The summed E-state index contributed by atoms with van der Waals surface area (Å²) < 4.78 is 78.1. The first-order valence-corrected chi connectivity index (χ1v) is 13.6. The number of anilines is 2. The Balaban J connectivity index is 1.47. The number of sulfonamides is 1. The average Bonchev–Trinajstić information content (AvgIpc) is 3.66. The van der Waals surface area contributed by atoms with Crippen LogP contribution in [0.15, 0.2) is 47.5 Å². The molecule has 1 aromatic carbocycles. The van der Waals surface area contributed by atoms with Crippen molar-refractivity contribution in [3.63, 3.8) is 0 Å². The second-order valence-corrected chi connectivity index (χ2v) is 12.1. The molecule has 13 heteroatoms. The fourth-order valence-electron chi connectivity index (χ4n) is 4.23. The number of ether oxygens (including phenoxy) is 2. The van der Waals surface area contributed by atoms with Gasteiger partial charge in [-0.2, -0.15) is 17.5 Å². The van der Waals surface area contributed by atoms with Crippen molar-refractivity contribution in [2.45, 2.75) is 56.0 Å². The summed E-state index contributed by atoms with van der Waals surface area (Å²) in [4.78, 5) is 17.8. The van der Waals surface area contributed by atoms with E-state index in [-0.39, 0.29) is 35.9 Å². The number of hydrogen-bond donors (Lipinski definition) is 1. The quantitative estimate of drug-likeness (QED) is 0.429. The number of amides is 1. The molecule has 39 heavy (non-hydrogen) atoms. The number of rotatable bonds is 5. The minimum atomic E-state index is -4.51. The Kier molecular flexibility index (Phi) is 7.59. The lowest BCUT2D eigenvalue weighted by Gasteiger charge is -2.40. The lowest BCUT2D eigenvalue weighted by molar-refractivity contribution is -0.187. The molecule has 2 fully saturated rings. The molecular weight excluding hydrogens is 537 g/mol. The van der Waals surface area contributed by atoms with Crippen LogP contribution in [-0.4, -0.2) is 67.9 Å². The van der Waals surface area contributed by atoms with Crippen LogP contribution in [0.3, 0.4) is 0 Å². The molecule has 3 heterocycles. The number of piperazine rings is 1. The zero-order valence-corrected chi connectivity index (χ0v) is 22.7. The van der Waals surface area contributed by atoms with Gasteiger partial charge in [-0.05, 0) is 57.5 Å². The first-order chi connectivity index (χ1) is 18.2. The number of alkyl halides is 3. The van der Waals surface area contributed by atoms with Crippen LogP contribution in [0.1, 0.15) is 33.3 Å². The summed E-state index contributed by atoms with van der Waals surface area (Å²) in [5, 5.41) is 2.45. The van der Waals surface area contributed by atoms with Crippen molar-refractivity contribution < 1.29 is 35.9 Å². The van der Waals surface area contributed by atoms with E-state index in [0.29, 0.717) is 5.69 Å². The van der Waals surface area contributed by atoms with E-state index in [9.17, 15) is 26.4 Å². The molecule has 2 atom stereocenters. The first kappa shape index (κ1) is 28.7. The number of benzene rings is 1. The highest BCUT2D eigenvalue weighted by molar-refractivity contribution is 7.89. The average molecular weight is 567 g/mol. The van der Waals surface area contributed by atoms with Crippen molar-refractivity contribution >= 4 is 27.6 Å². The highest BCUT2D eigenvalue weighted by Crippen LogP contribution is 2.51. The van der Waals surface area contributed by atoms with Gasteiger partial charge >= 0.3 is 12.3 Å². The SMILES string of the molecule is CC#C[C@H]1CN(S(=O)(=O)c2ccc(NC(=O)OC(C)(C)C)nc2)CCN1c1ccc(C2(C(F)(F)F)CO2)cc1. The second-order valence-electron chi connectivity index (χ2n) is 10.1. The summed E-state index contributed by atoms with van der Waals surface area (Å²) in [5.74, 6) is 5.95. The third-order valence-corrected chi connectivity index (χ3v) is 8.06. The van der Waals surface area contributed by atoms with Crippen molar-refractivity contribution in [2.24, 2.45) is 0 Å². The van der Waals surface area contributed by atoms with E-state index < -0.39 is 46.1 Å². The predicted octanol–water partition coefficient (Wildman–Crippen LogP) is 4.12. The molecule has 0 aliphatic carbocycles. The zero-order valence-electron chi connectivity index (χ0n) is 21.9. The minimum Gasteiger partial charge on any atom is -0.444 e. The number of carbonyl (C=O) groups excluding carboxylic acids is 1. The van der Waals surface area contributed by atoms with Gasteiger partial charge in [0.25, 0.3) is 0 Å². The molecular formula is C26H29F3N4O5S. The van der Waals surface area contributed by atoms with Crippen LogP contribution in [-0.2, 0) is 25.1 Å². The van der Waals surface area contributed by atoms with E-state index in [1.165, 1.54) is 28.6 Å². The summed E-state index contributed by atoms with van der Waals surface area (Å²) in [6, 6.07) is 8.09. The maximum absolute atomic E-state index is 13.4. The maximum atomic E-state index is 13.4. The smallest absolute Gasteiger partial charge is 0.424 e. The third-order valence-electron chi connectivity index (χ3n) is 6.21. The van der Waals surface area contributed by atoms with Crippen molar-refractivity contribution in [1.29, 1.82) is 0 Å². The standard InChI is InChI=1S/C26H29F3N4O5S/c1-5-6-20-16-32(39(35,36)21-11-12-22(30-15-21)31-23(34)38-24(2,3)4)13-14-33(20)19-9-7-18(8-10-19)25(17-37-25)26(27,28)29/h7-12,15,20H,13-14,16-17H2,1-4H3,(H,30,31,34)/t20-,25?/m0/s1. The molecule has 0 bridgehead atoms. The number of nitrogens with zero attached hydrogens (tertiary/aromatic N) is 3. The van der Waals surface area contributed by atoms with Crippen LogP contribution in [0, 0.1) is 11.8 Å². The van der Waals surface area contributed by atoms with Gasteiger partial charge in [-0.15, -0.1) is 5.92 Å². The van der Waals surface area contributed by atoms with E-state index >= 15 is 0 Å². The lowest BCUT2D eigenvalue weighted by Crippen LogP contribution is -2.54. The van der Waals surface area contributed by atoms with E-state index in [2.05, 4.69) is 22.1 Å². The van der Waals surface area contributed by atoms with Crippen LogP contribution < -0.4 is 10.2 Å². The summed E-state index contributed by atoms with van der Waals surface area (Å²) in [7, 11) is -3.94. The number of hydrogen-bond acceptors (Lipinski definition) is 7. The Morgan fingerprint density at radius 3 is 2.33 bits per heavy atom. The van der Waals surface area contributed by atoms with Gasteiger partial charge in [0.2, 0.25) is 15.6 Å². The fourth-order valence-corrected chi connectivity index (χ4v) is 5.61. The van der Waals surface area contributed by atoms with Crippen LogP contribution in [0.2, 0.25) is 0 Å².